The highest BCUT2D eigenvalue weighted by atomic mass is 16.3. The van der Waals surface area contributed by atoms with Gasteiger partial charge in [0.2, 0.25) is 5.91 Å². The van der Waals surface area contributed by atoms with Crippen molar-refractivity contribution in [2.45, 2.75) is 6.04 Å². The second-order valence-corrected chi connectivity index (χ2v) is 3.79. The van der Waals surface area contributed by atoms with E-state index in [0.29, 0.717) is 5.92 Å². The molecule has 2 rings (SSSR count). The van der Waals surface area contributed by atoms with E-state index in [-0.39, 0.29) is 18.6 Å². The van der Waals surface area contributed by atoms with Gasteiger partial charge in [0.1, 0.15) is 0 Å². The maximum Gasteiger partial charge on any atom is 0.228 e. The van der Waals surface area contributed by atoms with E-state index in [0.717, 1.165) is 5.56 Å². The van der Waals surface area contributed by atoms with Gasteiger partial charge in [-0.1, -0.05) is 30.3 Å². The highest BCUT2D eigenvalue weighted by Gasteiger charge is 2.26. The van der Waals surface area contributed by atoms with Crippen molar-refractivity contribution in [1.29, 1.82) is 0 Å². The summed E-state index contributed by atoms with van der Waals surface area (Å²) in [6.45, 7) is -0.115. The molecule has 87 valence electrons. The number of benzene rings is 1. The lowest BCUT2D eigenvalue weighted by molar-refractivity contribution is -0.119. The van der Waals surface area contributed by atoms with Crippen molar-refractivity contribution in [2.75, 3.05) is 6.61 Å². The molecule has 0 heterocycles. The van der Waals surface area contributed by atoms with Gasteiger partial charge in [-0.2, -0.15) is 0 Å². The van der Waals surface area contributed by atoms with Crippen LogP contribution in [-0.2, 0) is 4.79 Å². The van der Waals surface area contributed by atoms with E-state index in [2.05, 4.69) is 5.32 Å². The summed E-state index contributed by atoms with van der Waals surface area (Å²) in [5.41, 5.74) is 0.898. The SMILES string of the molecule is O=C(N[C@H](CO)c1ccccc1)[C]1[CH][CH][CH][CH]1. The molecule has 1 aliphatic carbocycles. The molecule has 0 bridgehead atoms. The quantitative estimate of drug-likeness (QED) is 0.814. The lowest BCUT2D eigenvalue weighted by atomic mass is 10.0. The Morgan fingerprint density at radius 3 is 2.41 bits per heavy atom. The van der Waals surface area contributed by atoms with Crippen molar-refractivity contribution in [3.8, 4) is 0 Å². The molecule has 1 aromatic rings. The van der Waals surface area contributed by atoms with Gasteiger partial charge in [0.15, 0.2) is 0 Å². The number of aliphatic hydroxyl groups is 1. The fraction of sp³-hybridized carbons (Fsp3) is 0.143. The molecule has 3 nitrogen and oxygen atoms in total. The molecule has 0 unspecified atom stereocenters. The molecule has 0 spiro atoms. The first-order valence-corrected chi connectivity index (χ1v) is 5.49. The number of amides is 1. The van der Waals surface area contributed by atoms with Gasteiger partial charge in [-0.3, -0.25) is 4.79 Å². The molecule has 1 aliphatic rings. The predicted molar refractivity (Wildman–Crippen MR) is 64.9 cm³/mol. The molecule has 1 fully saturated rings. The Kier molecular flexibility index (Phi) is 4.15. The van der Waals surface area contributed by atoms with Crippen LogP contribution in [0.25, 0.3) is 0 Å². The third kappa shape index (κ3) is 3.07. The van der Waals surface area contributed by atoms with Crippen LogP contribution in [-0.4, -0.2) is 17.6 Å². The maximum atomic E-state index is 11.8. The Balaban J connectivity index is 1.97. The van der Waals surface area contributed by atoms with Crippen LogP contribution in [0.1, 0.15) is 11.6 Å². The zero-order chi connectivity index (χ0) is 12.1. The highest BCUT2D eigenvalue weighted by Crippen LogP contribution is 2.24. The van der Waals surface area contributed by atoms with Crippen LogP contribution in [0.5, 0.6) is 0 Å². The van der Waals surface area contributed by atoms with E-state index >= 15 is 0 Å². The summed E-state index contributed by atoms with van der Waals surface area (Å²) in [5, 5.41) is 12.1. The van der Waals surface area contributed by atoms with E-state index < -0.39 is 0 Å². The summed E-state index contributed by atoms with van der Waals surface area (Å²) in [4.78, 5) is 11.8. The second kappa shape index (κ2) is 5.82. The monoisotopic (exact) mass is 228 g/mol. The first-order valence-electron chi connectivity index (χ1n) is 5.49. The number of nitrogens with one attached hydrogen (secondary N) is 1. The number of aliphatic hydroxyl groups excluding tert-OH is 1. The minimum atomic E-state index is -0.362. The van der Waals surface area contributed by atoms with Gasteiger partial charge in [-0.25, -0.2) is 0 Å². The third-order valence-electron chi connectivity index (χ3n) is 2.61. The Labute approximate surface area is 102 Å². The predicted octanol–water partition coefficient (Wildman–Crippen LogP) is 1.24. The standard InChI is InChI=1S/C14H14NO2/c16-10-13(11-6-2-1-3-7-11)15-14(17)12-8-4-5-9-12/h1-9,13,16H,10H2,(H,15,17)/t13-/m1/s1. The summed E-state index contributed by atoms with van der Waals surface area (Å²) in [6.07, 6.45) is 7.11. The summed E-state index contributed by atoms with van der Waals surface area (Å²) in [7, 11) is 0. The van der Waals surface area contributed by atoms with Gasteiger partial charge in [0, 0.05) is 0 Å². The van der Waals surface area contributed by atoms with Gasteiger partial charge < -0.3 is 10.4 Å². The highest BCUT2D eigenvalue weighted by molar-refractivity contribution is 5.96. The molecule has 0 aliphatic heterocycles. The molecule has 1 saturated carbocycles. The van der Waals surface area contributed by atoms with Gasteiger partial charge in [-0.15, -0.1) is 0 Å². The molecular formula is C14H14NO2. The molecule has 1 aromatic carbocycles. The summed E-state index contributed by atoms with van der Waals surface area (Å²) in [6, 6.07) is 9.06. The summed E-state index contributed by atoms with van der Waals surface area (Å²) in [5.74, 6) is 0.442. The molecule has 2 N–H and O–H groups in total. The number of carbonyl (C=O) groups excluding carboxylic acids is 1. The molecule has 0 aromatic heterocycles. The average molecular weight is 228 g/mol. The number of rotatable bonds is 4. The molecule has 0 saturated heterocycles. The summed E-state index contributed by atoms with van der Waals surface area (Å²) >= 11 is 0. The molecule has 1 amide bonds. The van der Waals surface area contributed by atoms with Gasteiger partial charge >= 0.3 is 0 Å². The van der Waals surface area contributed by atoms with E-state index in [1.807, 2.05) is 43.2 Å². The fourth-order valence-corrected chi connectivity index (χ4v) is 1.69. The van der Waals surface area contributed by atoms with E-state index in [1.54, 1.807) is 12.8 Å². The third-order valence-corrected chi connectivity index (χ3v) is 2.61. The molecule has 3 heteroatoms. The summed E-state index contributed by atoms with van der Waals surface area (Å²) < 4.78 is 0. The van der Waals surface area contributed by atoms with Crippen molar-refractivity contribution < 1.29 is 9.90 Å². The smallest absolute Gasteiger partial charge is 0.228 e. The Hall–Kier alpha value is -1.35. The van der Waals surface area contributed by atoms with Crippen molar-refractivity contribution in [3.05, 3.63) is 67.5 Å². The zero-order valence-electron chi connectivity index (χ0n) is 9.34. The van der Waals surface area contributed by atoms with E-state index in [9.17, 15) is 9.90 Å². The van der Waals surface area contributed by atoms with Crippen LogP contribution in [0.15, 0.2) is 30.3 Å². The van der Waals surface area contributed by atoms with Crippen LogP contribution in [0, 0.1) is 31.6 Å². The van der Waals surface area contributed by atoms with Crippen LogP contribution >= 0.6 is 0 Å². The number of hydrogen-bond acceptors (Lipinski definition) is 2. The van der Waals surface area contributed by atoms with E-state index in [1.165, 1.54) is 0 Å². The van der Waals surface area contributed by atoms with Gasteiger partial charge in [0.25, 0.3) is 0 Å². The number of carbonyl (C=O) groups is 1. The van der Waals surface area contributed by atoms with Crippen molar-refractivity contribution in [3.63, 3.8) is 0 Å². The molecule has 1 atom stereocenters. The maximum absolute atomic E-state index is 11.8. The zero-order valence-corrected chi connectivity index (χ0v) is 9.34. The molecule has 5 radical (unpaired) electrons. The largest absolute Gasteiger partial charge is 0.394 e. The normalized spacial score (nSPS) is 17.9. The van der Waals surface area contributed by atoms with E-state index in [4.69, 9.17) is 0 Å². The van der Waals surface area contributed by atoms with Gasteiger partial charge in [0.05, 0.1) is 18.6 Å². The second-order valence-electron chi connectivity index (χ2n) is 3.79. The molecule has 17 heavy (non-hydrogen) atoms. The van der Waals surface area contributed by atoms with Crippen molar-refractivity contribution in [1.82, 2.24) is 5.32 Å². The fourth-order valence-electron chi connectivity index (χ4n) is 1.69. The number of hydrogen-bond donors (Lipinski definition) is 2. The Morgan fingerprint density at radius 2 is 1.82 bits per heavy atom. The van der Waals surface area contributed by atoms with Crippen LogP contribution in [0.4, 0.5) is 0 Å². The Bertz CT molecular complexity index is 358. The van der Waals surface area contributed by atoms with Crippen LogP contribution in [0.2, 0.25) is 0 Å². The van der Waals surface area contributed by atoms with Crippen molar-refractivity contribution >= 4 is 5.91 Å². The average Bonchev–Trinajstić information content (AvgIpc) is 2.90. The van der Waals surface area contributed by atoms with Crippen LogP contribution in [0.3, 0.4) is 0 Å². The van der Waals surface area contributed by atoms with Crippen molar-refractivity contribution in [2.24, 2.45) is 0 Å². The molecular weight excluding hydrogens is 214 g/mol. The minimum Gasteiger partial charge on any atom is -0.394 e. The Morgan fingerprint density at radius 1 is 1.18 bits per heavy atom. The lowest BCUT2D eigenvalue weighted by Gasteiger charge is -2.18. The van der Waals surface area contributed by atoms with Gasteiger partial charge in [-0.05, 0) is 31.2 Å². The first-order chi connectivity index (χ1) is 8.31. The first kappa shape index (κ1) is 12.1. The minimum absolute atomic E-state index is 0.115. The van der Waals surface area contributed by atoms with Crippen LogP contribution < -0.4 is 5.32 Å². The topological polar surface area (TPSA) is 49.3 Å². The lowest BCUT2D eigenvalue weighted by Crippen LogP contribution is -2.34.